The summed E-state index contributed by atoms with van der Waals surface area (Å²) in [6.45, 7) is 1.72. The lowest BCUT2D eigenvalue weighted by Crippen LogP contribution is -2.14. The monoisotopic (exact) mass is 354 g/mol. The smallest absolute Gasteiger partial charge is 0.293 e. The van der Waals surface area contributed by atoms with Gasteiger partial charge >= 0.3 is 0 Å². The van der Waals surface area contributed by atoms with Crippen molar-refractivity contribution in [1.82, 2.24) is 0 Å². The first-order chi connectivity index (χ1) is 10.8. The van der Waals surface area contributed by atoms with Crippen LogP contribution in [0.15, 0.2) is 30.3 Å². The van der Waals surface area contributed by atoms with E-state index < -0.39 is 10.8 Å². The molecule has 0 aliphatic rings. The van der Waals surface area contributed by atoms with Gasteiger partial charge in [-0.05, 0) is 30.7 Å². The van der Waals surface area contributed by atoms with Gasteiger partial charge in [0.25, 0.3) is 11.6 Å². The van der Waals surface area contributed by atoms with E-state index in [0.29, 0.717) is 5.56 Å². The molecule has 23 heavy (non-hydrogen) atoms. The third kappa shape index (κ3) is 3.72. The molecule has 6 nitrogen and oxygen atoms in total. The Hall–Kier alpha value is -2.31. The number of hydrogen-bond donors (Lipinski definition) is 1. The molecule has 0 aromatic heterocycles. The number of anilines is 1. The zero-order valence-electron chi connectivity index (χ0n) is 12.2. The maximum atomic E-state index is 12.4. The summed E-state index contributed by atoms with van der Waals surface area (Å²) in [6.07, 6.45) is 0. The van der Waals surface area contributed by atoms with Gasteiger partial charge < -0.3 is 10.1 Å². The molecular weight excluding hydrogens is 343 g/mol. The van der Waals surface area contributed by atoms with Crippen LogP contribution in [-0.4, -0.2) is 17.9 Å². The summed E-state index contributed by atoms with van der Waals surface area (Å²) < 4.78 is 5.10. The van der Waals surface area contributed by atoms with E-state index in [1.165, 1.54) is 31.4 Å². The van der Waals surface area contributed by atoms with Crippen molar-refractivity contribution in [3.8, 4) is 5.75 Å². The molecular formula is C15H12Cl2N2O4. The summed E-state index contributed by atoms with van der Waals surface area (Å²) in [4.78, 5) is 23.0. The molecule has 1 amide bonds. The number of halogens is 2. The number of carbonyl (C=O) groups excluding carboxylic acids is 1. The summed E-state index contributed by atoms with van der Waals surface area (Å²) >= 11 is 11.9. The van der Waals surface area contributed by atoms with Gasteiger partial charge in [0.2, 0.25) is 0 Å². The van der Waals surface area contributed by atoms with E-state index in [0.717, 1.165) is 0 Å². The quantitative estimate of drug-likeness (QED) is 0.648. The van der Waals surface area contributed by atoms with Crippen LogP contribution in [0.1, 0.15) is 15.9 Å². The zero-order chi connectivity index (χ0) is 17.1. The number of nitrogens with one attached hydrogen (secondary N) is 1. The highest BCUT2D eigenvalue weighted by Gasteiger charge is 2.21. The van der Waals surface area contributed by atoms with Gasteiger partial charge in [0.1, 0.15) is 11.4 Å². The second-order valence-corrected chi connectivity index (χ2v) is 5.54. The largest absolute Gasteiger partial charge is 0.494 e. The van der Waals surface area contributed by atoms with E-state index in [1.807, 2.05) is 0 Å². The van der Waals surface area contributed by atoms with Gasteiger partial charge in [-0.3, -0.25) is 14.9 Å². The highest BCUT2D eigenvalue weighted by molar-refractivity contribution is 6.36. The molecule has 0 aliphatic carbocycles. The molecule has 0 aliphatic heterocycles. The van der Waals surface area contributed by atoms with E-state index in [1.54, 1.807) is 13.0 Å². The lowest BCUT2D eigenvalue weighted by atomic mass is 10.1. The lowest BCUT2D eigenvalue weighted by molar-refractivity contribution is -0.384. The SMILES string of the molecule is COc1c(Cl)cc(Cl)cc1C(=O)Nc1ccc(C)cc1[N+](=O)[O-]. The molecule has 0 unspecified atom stereocenters. The van der Waals surface area contributed by atoms with Gasteiger partial charge in [0, 0.05) is 11.1 Å². The first-order valence-electron chi connectivity index (χ1n) is 6.43. The Morgan fingerprint density at radius 1 is 1.26 bits per heavy atom. The fourth-order valence-corrected chi connectivity index (χ4v) is 2.60. The van der Waals surface area contributed by atoms with Crippen LogP contribution in [-0.2, 0) is 0 Å². The number of nitro benzene ring substituents is 1. The highest BCUT2D eigenvalue weighted by atomic mass is 35.5. The minimum absolute atomic E-state index is 0.0729. The number of carbonyl (C=O) groups is 1. The third-order valence-electron chi connectivity index (χ3n) is 3.06. The number of nitro groups is 1. The molecule has 8 heteroatoms. The van der Waals surface area contributed by atoms with Crippen LogP contribution >= 0.6 is 23.2 Å². The van der Waals surface area contributed by atoms with Crippen LogP contribution in [0.25, 0.3) is 0 Å². The van der Waals surface area contributed by atoms with Gasteiger partial charge in [0.15, 0.2) is 0 Å². The van der Waals surface area contributed by atoms with Crippen molar-refractivity contribution < 1.29 is 14.5 Å². The molecule has 0 saturated heterocycles. The predicted octanol–water partition coefficient (Wildman–Crippen LogP) is 4.47. The van der Waals surface area contributed by atoms with E-state index in [9.17, 15) is 14.9 Å². The summed E-state index contributed by atoms with van der Waals surface area (Å²) in [7, 11) is 1.36. The molecule has 0 atom stereocenters. The Morgan fingerprint density at radius 3 is 2.57 bits per heavy atom. The maximum Gasteiger partial charge on any atom is 0.293 e. The Bertz CT molecular complexity index is 793. The van der Waals surface area contributed by atoms with Crippen LogP contribution in [0.2, 0.25) is 10.0 Å². The number of rotatable bonds is 4. The fraction of sp³-hybridized carbons (Fsp3) is 0.133. The fourth-order valence-electron chi connectivity index (χ4n) is 2.02. The number of methoxy groups -OCH3 is 1. The van der Waals surface area contributed by atoms with E-state index in [4.69, 9.17) is 27.9 Å². The minimum Gasteiger partial charge on any atom is -0.494 e. The summed E-state index contributed by atoms with van der Waals surface area (Å²) in [6, 6.07) is 7.31. The number of hydrogen-bond acceptors (Lipinski definition) is 4. The van der Waals surface area contributed by atoms with Crippen LogP contribution in [0.3, 0.4) is 0 Å². The minimum atomic E-state index is -0.613. The third-order valence-corrected chi connectivity index (χ3v) is 3.55. The molecule has 0 fully saturated rings. The summed E-state index contributed by atoms with van der Waals surface area (Å²) in [5.41, 5.74) is 0.659. The van der Waals surface area contributed by atoms with Crippen molar-refractivity contribution in [2.75, 3.05) is 12.4 Å². The van der Waals surface area contributed by atoms with E-state index in [-0.39, 0.29) is 32.7 Å². The Balaban J connectivity index is 2.43. The van der Waals surface area contributed by atoms with Gasteiger partial charge in [-0.25, -0.2) is 0 Å². The lowest BCUT2D eigenvalue weighted by Gasteiger charge is -2.12. The Morgan fingerprint density at radius 2 is 1.96 bits per heavy atom. The van der Waals surface area contributed by atoms with Crippen LogP contribution < -0.4 is 10.1 Å². The maximum absolute atomic E-state index is 12.4. The number of ether oxygens (including phenoxy) is 1. The Labute approximate surface area is 142 Å². The Kier molecular flexibility index (Phi) is 5.08. The van der Waals surface area contributed by atoms with Gasteiger partial charge in [-0.15, -0.1) is 0 Å². The molecule has 2 aromatic carbocycles. The van der Waals surface area contributed by atoms with Crippen molar-refractivity contribution >= 4 is 40.5 Å². The molecule has 2 rings (SSSR count). The highest BCUT2D eigenvalue weighted by Crippen LogP contribution is 2.33. The molecule has 1 N–H and O–H groups in total. The molecule has 0 bridgehead atoms. The van der Waals surface area contributed by atoms with Crippen molar-refractivity contribution in [2.24, 2.45) is 0 Å². The molecule has 0 radical (unpaired) electrons. The number of nitrogens with zero attached hydrogens (tertiary/aromatic N) is 1. The van der Waals surface area contributed by atoms with Crippen molar-refractivity contribution in [3.05, 3.63) is 61.6 Å². The van der Waals surface area contributed by atoms with Gasteiger partial charge in [-0.2, -0.15) is 0 Å². The predicted molar refractivity (Wildman–Crippen MR) is 88.8 cm³/mol. The first-order valence-corrected chi connectivity index (χ1v) is 7.18. The van der Waals surface area contributed by atoms with Crippen LogP contribution in [0.4, 0.5) is 11.4 Å². The normalized spacial score (nSPS) is 10.3. The van der Waals surface area contributed by atoms with Crippen molar-refractivity contribution in [3.63, 3.8) is 0 Å². The van der Waals surface area contributed by atoms with Crippen molar-refractivity contribution in [2.45, 2.75) is 6.92 Å². The number of benzene rings is 2. The van der Waals surface area contributed by atoms with Crippen molar-refractivity contribution in [1.29, 1.82) is 0 Å². The number of amides is 1. The van der Waals surface area contributed by atoms with Gasteiger partial charge in [0.05, 0.1) is 22.6 Å². The second-order valence-electron chi connectivity index (χ2n) is 4.70. The topological polar surface area (TPSA) is 81.5 Å². The second kappa shape index (κ2) is 6.85. The standard InChI is InChI=1S/C15H12Cl2N2O4/c1-8-3-4-12(13(5-8)19(21)22)18-15(20)10-6-9(16)7-11(17)14(10)23-2/h3-7H,1-2H3,(H,18,20). The molecule has 0 saturated carbocycles. The number of aryl methyl sites for hydroxylation is 1. The van der Waals surface area contributed by atoms with Gasteiger partial charge in [-0.1, -0.05) is 29.3 Å². The first kappa shape index (κ1) is 17.1. The summed E-state index contributed by atoms with van der Waals surface area (Å²) in [5, 5.41) is 14.0. The van der Waals surface area contributed by atoms with E-state index in [2.05, 4.69) is 5.32 Å². The molecule has 0 spiro atoms. The van der Waals surface area contributed by atoms with Crippen LogP contribution in [0.5, 0.6) is 5.75 Å². The van der Waals surface area contributed by atoms with E-state index >= 15 is 0 Å². The van der Waals surface area contributed by atoms with Crippen LogP contribution in [0, 0.1) is 17.0 Å². The summed E-state index contributed by atoms with van der Waals surface area (Å²) in [5.74, 6) is -0.471. The molecule has 2 aromatic rings. The molecule has 0 heterocycles. The molecule has 120 valence electrons. The zero-order valence-corrected chi connectivity index (χ0v) is 13.7. The average Bonchev–Trinajstić information content (AvgIpc) is 2.48. The average molecular weight is 355 g/mol.